The number of allylic oxidation sites excluding steroid dienone is 9. The minimum atomic E-state index is -0.942. The zero-order valence-corrected chi connectivity index (χ0v) is 22.8. The number of aliphatic imine (C=N–C) groups is 2. The summed E-state index contributed by atoms with van der Waals surface area (Å²) in [5, 5.41) is 9.12. The largest absolute Gasteiger partial charge is 0.497 e. The molecule has 7 heteroatoms. The first kappa shape index (κ1) is 28.9. The minimum Gasteiger partial charge on any atom is -0.497 e. The first-order chi connectivity index (χ1) is 18.3. The summed E-state index contributed by atoms with van der Waals surface area (Å²) >= 11 is 0. The molecule has 38 heavy (non-hydrogen) atoms. The molecule has 0 aromatic heterocycles. The van der Waals surface area contributed by atoms with Crippen LogP contribution in [0.4, 0.5) is 0 Å². The molecule has 3 N–H and O–H groups in total. The third kappa shape index (κ3) is 6.98. The van der Waals surface area contributed by atoms with E-state index in [1.54, 1.807) is 20.2 Å². The summed E-state index contributed by atoms with van der Waals surface area (Å²) < 4.78 is 5.35. The lowest BCUT2D eigenvalue weighted by Gasteiger charge is -2.25. The van der Waals surface area contributed by atoms with Gasteiger partial charge in [-0.25, -0.2) is 0 Å². The zero-order valence-electron chi connectivity index (χ0n) is 22.8. The molecule has 3 aliphatic rings. The molecule has 2 atom stereocenters. The monoisotopic (exact) mass is 516 g/mol. The quantitative estimate of drug-likeness (QED) is 0.210. The average Bonchev–Trinajstić information content (AvgIpc) is 3.33. The van der Waals surface area contributed by atoms with E-state index in [9.17, 15) is 4.79 Å². The number of aliphatic carboxylic acids is 1. The second kappa shape index (κ2) is 13.7. The number of hydrogen-bond acceptors (Lipinski definition) is 5. The lowest BCUT2D eigenvalue weighted by molar-refractivity contribution is -0.139. The van der Waals surface area contributed by atoms with Crippen molar-refractivity contribution in [3.8, 4) is 0 Å². The second-order valence-electron chi connectivity index (χ2n) is 9.68. The molecular weight excluding hydrogens is 476 g/mol. The van der Waals surface area contributed by atoms with E-state index in [4.69, 9.17) is 15.6 Å². The van der Waals surface area contributed by atoms with Crippen molar-refractivity contribution in [2.75, 3.05) is 20.7 Å². The molecule has 0 saturated carbocycles. The lowest BCUT2D eigenvalue weighted by Crippen LogP contribution is -2.32. The maximum atomic E-state index is 11.1. The van der Waals surface area contributed by atoms with Crippen molar-refractivity contribution in [2.24, 2.45) is 21.6 Å². The Labute approximate surface area is 226 Å². The molecule has 3 rings (SSSR count). The molecular formula is C31H40N4O3. The summed E-state index contributed by atoms with van der Waals surface area (Å²) in [7, 11) is 3.46. The van der Waals surface area contributed by atoms with Crippen LogP contribution in [-0.4, -0.2) is 55.3 Å². The van der Waals surface area contributed by atoms with Gasteiger partial charge >= 0.3 is 5.97 Å². The standard InChI is InChI=1S/C31H40N4O3/c1-6-23(19-26(7-2)38-5)24-12-10-22(11-13-24)20-35-17-16-27(30(35)34-4)29(33-3)25-14-8-21(9-15-25)18-28(32)31(36)37/h6-7,10,12,14,16-17,19,21,28H,2-3,8-9,11,13,15,18,20,32H2,1,4-5H3,(H,36,37)/b23-6+,26-19+,29-27-,34-30?/t21?,28-/m0/s1. The van der Waals surface area contributed by atoms with Crippen LogP contribution >= 0.6 is 0 Å². The van der Waals surface area contributed by atoms with E-state index in [0.717, 1.165) is 72.7 Å². The zero-order chi connectivity index (χ0) is 27.7. The van der Waals surface area contributed by atoms with Gasteiger partial charge in [-0.05, 0) is 93.0 Å². The van der Waals surface area contributed by atoms with Crippen molar-refractivity contribution in [1.29, 1.82) is 0 Å². The molecule has 0 aromatic carbocycles. The number of nitrogens with two attached hydrogens (primary N) is 1. The number of methoxy groups -OCH3 is 1. The normalized spacial score (nSPS) is 23.5. The smallest absolute Gasteiger partial charge is 0.320 e. The molecule has 1 heterocycles. The van der Waals surface area contributed by atoms with Crippen molar-refractivity contribution >= 4 is 18.5 Å². The summed E-state index contributed by atoms with van der Waals surface area (Å²) in [6.07, 6.45) is 21.4. The number of carbonyl (C=O) groups is 1. The third-order valence-electron chi connectivity index (χ3n) is 7.31. The Morgan fingerprint density at radius 1 is 1.32 bits per heavy atom. The number of nitrogens with zero attached hydrogens (tertiary/aromatic N) is 3. The van der Waals surface area contributed by atoms with Crippen LogP contribution in [0.3, 0.4) is 0 Å². The molecule has 1 aliphatic heterocycles. The fourth-order valence-electron chi connectivity index (χ4n) is 5.15. The van der Waals surface area contributed by atoms with E-state index < -0.39 is 12.0 Å². The number of amidine groups is 1. The van der Waals surface area contributed by atoms with Crippen molar-refractivity contribution < 1.29 is 14.6 Å². The van der Waals surface area contributed by atoms with Gasteiger partial charge in [0, 0.05) is 25.4 Å². The molecule has 0 amide bonds. The Morgan fingerprint density at radius 2 is 2.11 bits per heavy atom. The molecule has 2 aliphatic carbocycles. The first-order valence-corrected chi connectivity index (χ1v) is 13.1. The first-order valence-electron chi connectivity index (χ1n) is 13.1. The summed E-state index contributed by atoms with van der Waals surface area (Å²) in [4.78, 5) is 22.3. The van der Waals surface area contributed by atoms with Crippen LogP contribution in [-0.2, 0) is 9.53 Å². The Morgan fingerprint density at radius 3 is 2.63 bits per heavy atom. The molecule has 0 fully saturated rings. The van der Waals surface area contributed by atoms with Gasteiger partial charge < -0.3 is 20.5 Å². The topological polar surface area (TPSA) is 101 Å². The summed E-state index contributed by atoms with van der Waals surface area (Å²) in [5.74, 6) is 0.954. The average molecular weight is 517 g/mol. The maximum absolute atomic E-state index is 11.1. The van der Waals surface area contributed by atoms with Gasteiger partial charge in [-0.1, -0.05) is 36.5 Å². The summed E-state index contributed by atoms with van der Waals surface area (Å²) in [6, 6.07) is -0.813. The predicted molar refractivity (Wildman–Crippen MR) is 156 cm³/mol. The van der Waals surface area contributed by atoms with Crippen molar-refractivity contribution in [3.63, 3.8) is 0 Å². The number of ether oxygens (including phenoxy) is 1. The van der Waals surface area contributed by atoms with Crippen molar-refractivity contribution in [2.45, 2.75) is 51.5 Å². The fraction of sp³-hybridized carbons (Fsp3) is 0.387. The Kier molecular flexibility index (Phi) is 10.4. The SMILES string of the molecule is C=C/C(=C\C(=C/C)C1=CC=C(CN2C=C/C(=C(/N=C)C3=CCC(C[C@H](N)C(=O)O)CC3)C2=NC)CC1)OC. The molecule has 7 nitrogen and oxygen atoms in total. The predicted octanol–water partition coefficient (Wildman–Crippen LogP) is 5.64. The van der Waals surface area contributed by atoms with Crippen LogP contribution in [0.25, 0.3) is 0 Å². The van der Waals surface area contributed by atoms with Crippen LogP contribution in [0.2, 0.25) is 0 Å². The highest BCUT2D eigenvalue weighted by Crippen LogP contribution is 2.35. The summed E-state index contributed by atoms with van der Waals surface area (Å²) in [6.45, 7) is 10.4. The third-order valence-corrected chi connectivity index (χ3v) is 7.31. The Hall–Kier alpha value is -3.71. The van der Waals surface area contributed by atoms with Crippen LogP contribution in [0.1, 0.15) is 45.4 Å². The number of hydrogen-bond donors (Lipinski definition) is 2. The number of rotatable bonds is 11. The molecule has 0 radical (unpaired) electrons. The fourth-order valence-corrected chi connectivity index (χ4v) is 5.15. The van der Waals surface area contributed by atoms with Crippen molar-refractivity contribution in [3.05, 3.63) is 94.6 Å². The van der Waals surface area contributed by atoms with E-state index in [-0.39, 0.29) is 5.92 Å². The Balaban J connectivity index is 1.73. The van der Waals surface area contributed by atoms with E-state index in [0.29, 0.717) is 6.42 Å². The van der Waals surface area contributed by atoms with E-state index in [1.807, 2.05) is 13.0 Å². The van der Waals surface area contributed by atoms with Gasteiger partial charge in [0.05, 0.1) is 12.8 Å². The molecule has 202 valence electrons. The van der Waals surface area contributed by atoms with Gasteiger partial charge in [0.1, 0.15) is 17.6 Å². The minimum absolute atomic E-state index is 0.267. The number of carboxylic acid groups (broad SMARTS) is 1. The van der Waals surface area contributed by atoms with Gasteiger partial charge in [-0.3, -0.25) is 14.8 Å². The van der Waals surface area contributed by atoms with Crippen LogP contribution in [0.15, 0.2) is 105 Å². The molecule has 1 unspecified atom stereocenters. The van der Waals surface area contributed by atoms with Gasteiger partial charge in [0.15, 0.2) is 0 Å². The highest BCUT2D eigenvalue weighted by Gasteiger charge is 2.27. The van der Waals surface area contributed by atoms with Crippen LogP contribution in [0, 0.1) is 5.92 Å². The molecule has 0 bridgehead atoms. The van der Waals surface area contributed by atoms with Crippen LogP contribution in [0.5, 0.6) is 0 Å². The highest BCUT2D eigenvalue weighted by molar-refractivity contribution is 6.05. The van der Waals surface area contributed by atoms with E-state index >= 15 is 0 Å². The van der Waals surface area contributed by atoms with Gasteiger partial charge in [-0.2, -0.15) is 0 Å². The van der Waals surface area contributed by atoms with Gasteiger partial charge in [0.2, 0.25) is 0 Å². The van der Waals surface area contributed by atoms with Gasteiger partial charge in [0.25, 0.3) is 0 Å². The van der Waals surface area contributed by atoms with Crippen molar-refractivity contribution in [1.82, 2.24) is 4.90 Å². The van der Waals surface area contributed by atoms with Crippen LogP contribution < -0.4 is 5.73 Å². The number of carboxylic acids is 1. The second-order valence-corrected chi connectivity index (χ2v) is 9.68. The molecule has 0 spiro atoms. The Bertz CT molecular complexity index is 1190. The van der Waals surface area contributed by atoms with Gasteiger partial charge in [-0.15, -0.1) is 0 Å². The lowest BCUT2D eigenvalue weighted by atomic mass is 9.84. The molecule has 0 saturated heterocycles. The maximum Gasteiger partial charge on any atom is 0.320 e. The molecule has 0 aromatic rings. The highest BCUT2D eigenvalue weighted by atomic mass is 16.5. The van der Waals surface area contributed by atoms with E-state index in [2.05, 4.69) is 64.8 Å². The van der Waals surface area contributed by atoms with E-state index in [1.165, 1.54) is 11.1 Å². The summed E-state index contributed by atoms with van der Waals surface area (Å²) in [5.41, 5.74) is 12.5.